The number of urea groups is 1. The quantitative estimate of drug-likeness (QED) is 0.626. The van der Waals surface area contributed by atoms with Gasteiger partial charge in [-0.2, -0.15) is 0 Å². The van der Waals surface area contributed by atoms with Gasteiger partial charge in [0.05, 0.1) is 20.2 Å². The van der Waals surface area contributed by atoms with Crippen LogP contribution in [0.1, 0.15) is 25.3 Å². The molecule has 6 nitrogen and oxygen atoms in total. The Hall–Kier alpha value is -2.89. The Morgan fingerprint density at radius 3 is 2.07 bits per heavy atom. The summed E-state index contributed by atoms with van der Waals surface area (Å²) in [5.41, 5.74) is 1.23. The molecule has 6 heteroatoms. The molecule has 2 aromatic rings. The predicted octanol–water partition coefficient (Wildman–Crippen LogP) is 3.58. The summed E-state index contributed by atoms with van der Waals surface area (Å²) in [5.74, 6) is 2.78. The molecule has 0 aliphatic heterocycles. The lowest BCUT2D eigenvalue weighted by atomic mass is 10.0. The van der Waals surface area contributed by atoms with Crippen LogP contribution >= 0.6 is 0 Å². The molecule has 2 aromatic carbocycles. The smallest absolute Gasteiger partial charge is 0.315 e. The fraction of sp³-hybridized carbons (Fsp3) is 0.381. The van der Waals surface area contributed by atoms with E-state index in [2.05, 4.69) is 30.5 Å². The van der Waals surface area contributed by atoms with Crippen LogP contribution in [0.4, 0.5) is 4.79 Å². The normalized spacial score (nSPS) is 10.4. The predicted molar refractivity (Wildman–Crippen MR) is 106 cm³/mol. The first kappa shape index (κ1) is 20.4. The molecule has 0 aromatic heterocycles. The van der Waals surface area contributed by atoms with Crippen molar-refractivity contribution in [3.05, 3.63) is 54.1 Å². The maximum atomic E-state index is 11.7. The van der Waals surface area contributed by atoms with Crippen molar-refractivity contribution < 1.29 is 19.0 Å². The van der Waals surface area contributed by atoms with Crippen molar-refractivity contribution in [2.75, 3.05) is 33.4 Å². The Balaban J connectivity index is 1.56. The molecular formula is C21H28N2O4. The van der Waals surface area contributed by atoms with E-state index < -0.39 is 0 Å². The first-order chi connectivity index (χ1) is 13.1. The minimum Gasteiger partial charge on any atom is -0.497 e. The van der Waals surface area contributed by atoms with E-state index >= 15 is 0 Å². The Morgan fingerprint density at radius 2 is 1.48 bits per heavy atom. The van der Waals surface area contributed by atoms with Crippen molar-refractivity contribution >= 4 is 6.03 Å². The number of benzene rings is 2. The second-order valence-corrected chi connectivity index (χ2v) is 6.28. The van der Waals surface area contributed by atoms with E-state index in [4.69, 9.17) is 14.2 Å². The standard InChI is InChI=1S/C21H28N2O4/c1-16(2)17-5-4-6-20(15-17)27-14-12-23-21(24)22-11-13-26-19-9-7-18(25-3)8-10-19/h4-10,15-16H,11-14H2,1-3H3,(H2,22,23,24). The molecule has 146 valence electrons. The topological polar surface area (TPSA) is 68.8 Å². The van der Waals surface area contributed by atoms with Gasteiger partial charge in [0.1, 0.15) is 30.5 Å². The van der Waals surface area contributed by atoms with Gasteiger partial charge >= 0.3 is 6.03 Å². The van der Waals surface area contributed by atoms with Crippen molar-refractivity contribution in [1.82, 2.24) is 10.6 Å². The zero-order chi connectivity index (χ0) is 19.5. The summed E-state index contributed by atoms with van der Waals surface area (Å²) in [5, 5.41) is 5.50. The van der Waals surface area contributed by atoms with Crippen LogP contribution in [-0.4, -0.2) is 39.4 Å². The molecule has 0 spiro atoms. The molecule has 0 atom stereocenters. The van der Waals surface area contributed by atoms with Gasteiger partial charge in [-0.05, 0) is 47.9 Å². The van der Waals surface area contributed by atoms with Gasteiger partial charge in [-0.1, -0.05) is 26.0 Å². The van der Waals surface area contributed by atoms with Crippen molar-refractivity contribution in [2.24, 2.45) is 0 Å². The lowest BCUT2D eigenvalue weighted by Gasteiger charge is -2.11. The number of nitrogens with one attached hydrogen (secondary N) is 2. The van der Waals surface area contributed by atoms with E-state index in [1.807, 2.05) is 42.5 Å². The first-order valence-electron chi connectivity index (χ1n) is 9.10. The van der Waals surface area contributed by atoms with Crippen LogP contribution in [0.2, 0.25) is 0 Å². The van der Waals surface area contributed by atoms with Crippen LogP contribution in [0.25, 0.3) is 0 Å². The van der Waals surface area contributed by atoms with E-state index in [0.717, 1.165) is 17.2 Å². The molecule has 0 saturated heterocycles. The van der Waals surface area contributed by atoms with Gasteiger partial charge in [0, 0.05) is 0 Å². The molecule has 0 aliphatic carbocycles. The molecule has 2 N–H and O–H groups in total. The number of hydrogen-bond acceptors (Lipinski definition) is 4. The second kappa shape index (κ2) is 11.0. The Labute approximate surface area is 160 Å². The SMILES string of the molecule is COc1ccc(OCCNC(=O)NCCOc2cccc(C(C)C)c2)cc1. The summed E-state index contributed by atoms with van der Waals surface area (Å²) in [7, 11) is 1.62. The minimum absolute atomic E-state index is 0.243. The monoisotopic (exact) mass is 372 g/mol. The van der Waals surface area contributed by atoms with Crippen LogP contribution in [0.3, 0.4) is 0 Å². The van der Waals surface area contributed by atoms with Gasteiger partial charge in [-0.3, -0.25) is 0 Å². The maximum absolute atomic E-state index is 11.7. The highest BCUT2D eigenvalue weighted by Gasteiger charge is 2.02. The van der Waals surface area contributed by atoms with Gasteiger partial charge in [0.2, 0.25) is 0 Å². The van der Waals surface area contributed by atoms with Crippen LogP contribution in [0.15, 0.2) is 48.5 Å². The van der Waals surface area contributed by atoms with E-state index in [-0.39, 0.29) is 6.03 Å². The fourth-order valence-electron chi connectivity index (χ4n) is 2.36. The fourth-order valence-corrected chi connectivity index (χ4v) is 2.36. The average Bonchev–Trinajstić information content (AvgIpc) is 2.69. The Bertz CT molecular complexity index is 702. The highest BCUT2D eigenvalue weighted by Crippen LogP contribution is 2.20. The van der Waals surface area contributed by atoms with Crippen molar-refractivity contribution in [1.29, 1.82) is 0 Å². The summed E-state index contributed by atoms with van der Waals surface area (Å²) in [4.78, 5) is 11.7. The van der Waals surface area contributed by atoms with Crippen LogP contribution in [0.5, 0.6) is 17.2 Å². The largest absolute Gasteiger partial charge is 0.497 e. The molecule has 2 rings (SSSR count). The van der Waals surface area contributed by atoms with Crippen molar-refractivity contribution in [3.63, 3.8) is 0 Å². The molecule has 0 bridgehead atoms. The molecule has 0 fully saturated rings. The third-order valence-electron chi connectivity index (χ3n) is 3.90. The summed E-state index contributed by atoms with van der Waals surface area (Å²) in [6, 6.07) is 15.1. The number of hydrogen-bond donors (Lipinski definition) is 2. The van der Waals surface area contributed by atoms with Crippen molar-refractivity contribution in [3.8, 4) is 17.2 Å². The number of ether oxygens (including phenoxy) is 3. The second-order valence-electron chi connectivity index (χ2n) is 6.28. The molecule has 27 heavy (non-hydrogen) atoms. The van der Waals surface area contributed by atoms with E-state index in [1.54, 1.807) is 7.11 Å². The zero-order valence-electron chi connectivity index (χ0n) is 16.2. The van der Waals surface area contributed by atoms with Gasteiger partial charge < -0.3 is 24.8 Å². The lowest BCUT2D eigenvalue weighted by molar-refractivity contribution is 0.232. The number of carbonyl (C=O) groups is 1. The molecule has 0 heterocycles. The number of methoxy groups -OCH3 is 1. The number of carbonyl (C=O) groups excluding carboxylic acids is 1. The van der Waals surface area contributed by atoms with E-state index in [0.29, 0.717) is 32.2 Å². The maximum Gasteiger partial charge on any atom is 0.315 e. The van der Waals surface area contributed by atoms with Gasteiger partial charge in [0.15, 0.2) is 0 Å². The highest BCUT2D eigenvalue weighted by atomic mass is 16.5. The van der Waals surface area contributed by atoms with E-state index in [9.17, 15) is 4.79 Å². The summed E-state index contributed by atoms with van der Waals surface area (Å²) in [6.07, 6.45) is 0. The highest BCUT2D eigenvalue weighted by molar-refractivity contribution is 5.73. The third kappa shape index (κ3) is 7.48. The van der Waals surface area contributed by atoms with Crippen LogP contribution < -0.4 is 24.8 Å². The molecule has 0 aliphatic rings. The van der Waals surface area contributed by atoms with Gasteiger partial charge in [0.25, 0.3) is 0 Å². The summed E-state index contributed by atoms with van der Waals surface area (Å²) in [6.45, 7) is 5.93. The van der Waals surface area contributed by atoms with Gasteiger partial charge in [-0.25, -0.2) is 4.79 Å². The summed E-state index contributed by atoms with van der Waals surface area (Å²) < 4.78 is 16.3. The van der Waals surface area contributed by atoms with Crippen LogP contribution in [-0.2, 0) is 0 Å². The third-order valence-corrected chi connectivity index (χ3v) is 3.90. The van der Waals surface area contributed by atoms with Crippen molar-refractivity contribution in [2.45, 2.75) is 19.8 Å². The molecule has 0 unspecified atom stereocenters. The lowest BCUT2D eigenvalue weighted by Crippen LogP contribution is -2.39. The average molecular weight is 372 g/mol. The Morgan fingerprint density at radius 1 is 0.889 bits per heavy atom. The van der Waals surface area contributed by atoms with Crippen LogP contribution in [0, 0.1) is 0 Å². The minimum atomic E-state index is -0.243. The number of rotatable bonds is 10. The van der Waals surface area contributed by atoms with E-state index in [1.165, 1.54) is 5.56 Å². The van der Waals surface area contributed by atoms with Gasteiger partial charge in [-0.15, -0.1) is 0 Å². The molecular weight excluding hydrogens is 344 g/mol. The molecule has 0 saturated carbocycles. The number of amides is 2. The zero-order valence-corrected chi connectivity index (χ0v) is 16.2. The first-order valence-corrected chi connectivity index (χ1v) is 9.10. The Kier molecular flexibility index (Phi) is 8.29. The molecule has 0 radical (unpaired) electrons. The summed E-state index contributed by atoms with van der Waals surface area (Å²) >= 11 is 0. The molecule has 2 amide bonds.